The SMILES string of the molecule is COC[Si](CCC(C)(C)CN)(OC)OC. The number of rotatable bonds is 8. The minimum atomic E-state index is -2.15. The number of hydrogen-bond acceptors (Lipinski definition) is 4. The van der Waals surface area contributed by atoms with Crippen LogP contribution in [0.25, 0.3) is 0 Å². The first-order chi connectivity index (χ1) is 6.95. The number of nitrogens with two attached hydrogens (primary N) is 1. The van der Waals surface area contributed by atoms with E-state index in [4.69, 9.17) is 19.3 Å². The molecule has 0 aliphatic carbocycles. The van der Waals surface area contributed by atoms with Crippen LogP contribution in [0.1, 0.15) is 20.3 Å². The van der Waals surface area contributed by atoms with Crippen LogP contribution in [-0.2, 0) is 13.6 Å². The van der Waals surface area contributed by atoms with E-state index in [1.165, 1.54) is 0 Å². The molecule has 15 heavy (non-hydrogen) atoms. The topological polar surface area (TPSA) is 53.7 Å². The summed E-state index contributed by atoms with van der Waals surface area (Å²) in [4.78, 5) is 0. The second kappa shape index (κ2) is 6.60. The Labute approximate surface area is 94.3 Å². The molecule has 0 spiro atoms. The zero-order valence-corrected chi connectivity index (χ0v) is 11.6. The molecule has 0 saturated carbocycles. The fourth-order valence-electron chi connectivity index (χ4n) is 1.33. The van der Waals surface area contributed by atoms with E-state index < -0.39 is 8.56 Å². The first-order valence-electron chi connectivity index (χ1n) is 5.24. The smallest absolute Gasteiger partial charge is 0.364 e. The largest absolute Gasteiger partial charge is 0.396 e. The van der Waals surface area contributed by atoms with Crippen molar-refractivity contribution in [2.24, 2.45) is 11.1 Å². The van der Waals surface area contributed by atoms with Crippen LogP contribution < -0.4 is 5.73 Å². The van der Waals surface area contributed by atoms with Crippen LogP contribution in [0.4, 0.5) is 0 Å². The first-order valence-corrected chi connectivity index (χ1v) is 7.47. The molecule has 0 heterocycles. The Morgan fingerprint density at radius 3 is 2.00 bits per heavy atom. The Hall–Kier alpha value is 0.0569. The lowest BCUT2D eigenvalue weighted by Gasteiger charge is -2.30. The first kappa shape index (κ1) is 15.1. The summed E-state index contributed by atoms with van der Waals surface area (Å²) in [6.45, 7) is 4.99. The molecule has 0 bridgehead atoms. The van der Waals surface area contributed by atoms with Gasteiger partial charge in [-0.15, -0.1) is 0 Å². The summed E-state index contributed by atoms with van der Waals surface area (Å²) in [5.41, 5.74) is 5.84. The van der Waals surface area contributed by atoms with E-state index >= 15 is 0 Å². The third-order valence-corrected chi connectivity index (χ3v) is 6.07. The van der Waals surface area contributed by atoms with E-state index in [1.807, 2.05) is 0 Å². The second-order valence-electron chi connectivity index (χ2n) is 4.62. The Balaban J connectivity index is 4.28. The van der Waals surface area contributed by atoms with Crippen LogP contribution in [0.2, 0.25) is 6.04 Å². The minimum absolute atomic E-state index is 0.142. The predicted octanol–water partition coefficient (Wildman–Crippen LogP) is 1.28. The average Bonchev–Trinajstić information content (AvgIpc) is 2.24. The number of ether oxygens (including phenoxy) is 1. The highest BCUT2D eigenvalue weighted by Gasteiger charge is 2.37. The Morgan fingerprint density at radius 1 is 1.13 bits per heavy atom. The van der Waals surface area contributed by atoms with Crippen LogP contribution in [0, 0.1) is 5.41 Å². The van der Waals surface area contributed by atoms with Gasteiger partial charge in [0.2, 0.25) is 0 Å². The summed E-state index contributed by atoms with van der Waals surface area (Å²) in [6.07, 6.45) is 1.57. The van der Waals surface area contributed by atoms with Crippen LogP contribution >= 0.6 is 0 Å². The molecule has 0 aromatic rings. The summed E-state index contributed by atoms with van der Waals surface area (Å²) in [5, 5.41) is 0. The van der Waals surface area contributed by atoms with Gasteiger partial charge in [-0.05, 0) is 24.4 Å². The molecular weight excluding hydrogens is 210 g/mol. The number of hydrogen-bond donors (Lipinski definition) is 1. The highest BCUT2D eigenvalue weighted by Crippen LogP contribution is 2.26. The molecule has 0 saturated heterocycles. The van der Waals surface area contributed by atoms with Crippen molar-refractivity contribution in [3.8, 4) is 0 Å². The van der Waals surface area contributed by atoms with Gasteiger partial charge in [-0.3, -0.25) is 0 Å². The van der Waals surface area contributed by atoms with E-state index in [0.717, 1.165) is 12.5 Å². The molecule has 0 atom stereocenters. The maximum atomic E-state index is 5.70. The summed E-state index contributed by atoms with van der Waals surface area (Å²) in [5.74, 6) is 0. The van der Waals surface area contributed by atoms with Crippen molar-refractivity contribution in [2.45, 2.75) is 26.3 Å². The van der Waals surface area contributed by atoms with E-state index in [-0.39, 0.29) is 5.41 Å². The van der Waals surface area contributed by atoms with Crippen molar-refractivity contribution >= 4 is 8.56 Å². The summed E-state index contributed by atoms with van der Waals surface area (Å²) in [7, 11) is 2.92. The zero-order valence-electron chi connectivity index (χ0n) is 10.6. The van der Waals surface area contributed by atoms with Gasteiger partial charge < -0.3 is 19.3 Å². The fourth-order valence-corrected chi connectivity index (χ4v) is 3.78. The highest BCUT2D eigenvalue weighted by atomic mass is 28.4. The molecule has 0 aliphatic rings. The minimum Gasteiger partial charge on any atom is -0.396 e. The van der Waals surface area contributed by atoms with E-state index in [0.29, 0.717) is 12.8 Å². The molecule has 0 fully saturated rings. The molecule has 2 N–H and O–H groups in total. The van der Waals surface area contributed by atoms with Crippen LogP contribution in [0.3, 0.4) is 0 Å². The van der Waals surface area contributed by atoms with Crippen molar-refractivity contribution in [1.82, 2.24) is 0 Å². The highest BCUT2D eigenvalue weighted by molar-refractivity contribution is 6.67. The molecule has 4 nitrogen and oxygen atoms in total. The third-order valence-electron chi connectivity index (χ3n) is 2.84. The maximum Gasteiger partial charge on any atom is 0.364 e. The molecule has 0 amide bonds. The van der Waals surface area contributed by atoms with Crippen LogP contribution in [0.15, 0.2) is 0 Å². The summed E-state index contributed by atoms with van der Waals surface area (Å²) >= 11 is 0. The second-order valence-corrected chi connectivity index (χ2v) is 8.05. The monoisotopic (exact) mass is 235 g/mol. The molecule has 0 aromatic heterocycles. The molecule has 0 aliphatic heterocycles. The van der Waals surface area contributed by atoms with Crippen LogP contribution in [-0.4, -0.2) is 42.7 Å². The molecule has 0 radical (unpaired) electrons. The van der Waals surface area contributed by atoms with Crippen molar-refractivity contribution in [1.29, 1.82) is 0 Å². The molecule has 0 unspecified atom stereocenters. The van der Waals surface area contributed by atoms with Gasteiger partial charge in [-0.1, -0.05) is 13.8 Å². The summed E-state index contributed by atoms with van der Waals surface area (Å²) in [6, 6.07) is 0.915. The third kappa shape index (κ3) is 5.08. The maximum absolute atomic E-state index is 5.70. The normalized spacial score (nSPS) is 13.2. The molecular formula is C10H25NO3Si. The Morgan fingerprint density at radius 2 is 1.67 bits per heavy atom. The number of methoxy groups -OCH3 is 1. The molecule has 5 heteroatoms. The average molecular weight is 235 g/mol. The van der Waals surface area contributed by atoms with Gasteiger partial charge in [0.1, 0.15) is 0 Å². The van der Waals surface area contributed by atoms with E-state index in [9.17, 15) is 0 Å². The zero-order chi connectivity index (χ0) is 11.9. The molecule has 0 aromatic carbocycles. The van der Waals surface area contributed by atoms with Crippen molar-refractivity contribution < 1.29 is 13.6 Å². The van der Waals surface area contributed by atoms with E-state index in [2.05, 4.69) is 13.8 Å². The van der Waals surface area contributed by atoms with Crippen molar-refractivity contribution in [3.63, 3.8) is 0 Å². The Bertz CT molecular complexity index is 172. The van der Waals surface area contributed by atoms with Gasteiger partial charge in [0, 0.05) is 21.3 Å². The Kier molecular flexibility index (Phi) is 6.62. The quantitative estimate of drug-likeness (QED) is 0.644. The van der Waals surface area contributed by atoms with Gasteiger partial charge in [-0.25, -0.2) is 0 Å². The lowest BCUT2D eigenvalue weighted by molar-refractivity contribution is 0.159. The molecule has 92 valence electrons. The van der Waals surface area contributed by atoms with Gasteiger partial charge in [0.25, 0.3) is 0 Å². The predicted molar refractivity (Wildman–Crippen MR) is 63.9 cm³/mol. The van der Waals surface area contributed by atoms with E-state index in [1.54, 1.807) is 21.3 Å². The fraction of sp³-hybridized carbons (Fsp3) is 1.00. The van der Waals surface area contributed by atoms with Gasteiger partial charge in [0.15, 0.2) is 0 Å². The van der Waals surface area contributed by atoms with Gasteiger partial charge in [0.05, 0.1) is 6.23 Å². The van der Waals surface area contributed by atoms with Gasteiger partial charge in [-0.2, -0.15) is 0 Å². The van der Waals surface area contributed by atoms with Gasteiger partial charge >= 0.3 is 8.56 Å². The lowest BCUT2D eigenvalue weighted by Crippen LogP contribution is -2.46. The molecule has 0 rings (SSSR count). The van der Waals surface area contributed by atoms with Crippen molar-refractivity contribution in [2.75, 3.05) is 34.1 Å². The lowest BCUT2D eigenvalue weighted by atomic mass is 9.91. The van der Waals surface area contributed by atoms with Crippen molar-refractivity contribution in [3.05, 3.63) is 0 Å². The summed E-state index contributed by atoms with van der Waals surface area (Å²) < 4.78 is 16.2. The van der Waals surface area contributed by atoms with Crippen LogP contribution in [0.5, 0.6) is 0 Å². The standard InChI is InChI=1S/C10H25NO3Si/c1-10(2,8-11)6-7-15(13-4,14-5)9-12-3/h6-9,11H2,1-5H3.